The molecule has 7 aromatic rings. The van der Waals surface area contributed by atoms with Crippen LogP contribution in [-0.2, 0) is 40.3 Å². The van der Waals surface area contributed by atoms with Crippen LogP contribution < -0.4 is 4.74 Å². The number of ether oxygens (including phenoxy) is 1. The number of benzene rings is 4. The number of nitrogens with zero attached hydrogens (tertiary/aromatic N) is 4. The van der Waals surface area contributed by atoms with Crippen LogP contribution in [0.3, 0.4) is 0 Å². The average molecular weight is 812 g/mol. The zero-order valence-electron chi connectivity index (χ0n) is 28.0. The van der Waals surface area contributed by atoms with Crippen LogP contribution in [-0.4, -0.2) is 19.3 Å². The number of fused-ring (bicyclic) bond motifs is 3. The van der Waals surface area contributed by atoms with E-state index in [9.17, 15) is 0 Å². The van der Waals surface area contributed by atoms with E-state index in [1.54, 1.807) is 0 Å². The van der Waals surface area contributed by atoms with E-state index in [1.807, 2.05) is 41.2 Å². The van der Waals surface area contributed by atoms with Gasteiger partial charge in [0.05, 0.1) is 5.69 Å². The molecule has 48 heavy (non-hydrogen) atoms. The zero-order chi connectivity index (χ0) is 32.3. The van der Waals surface area contributed by atoms with Gasteiger partial charge in [0.25, 0.3) is 0 Å². The largest absolute Gasteiger partial charge is 2.00 e. The SMILES string of the molecule is CCCCCc1ccc2c(c1)c1ccc(Oc3[c-]c(-n4nc(CC)c(-c5ccccc5)c4CC)ccc3)[c-]c1n2-c1cc(C)ccn1.[Pt+2]. The van der Waals surface area contributed by atoms with Crippen molar-refractivity contribution in [3.63, 3.8) is 0 Å². The average Bonchev–Trinajstić information content (AvgIpc) is 3.64. The van der Waals surface area contributed by atoms with Gasteiger partial charge in [0, 0.05) is 34.5 Å². The number of hydrogen-bond donors (Lipinski definition) is 0. The third-order valence-corrected chi connectivity index (χ3v) is 8.90. The Kier molecular flexibility index (Phi) is 10.3. The third kappa shape index (κ3) is 6.49. The summed E-state index contributed by atoms with van der Waals surface area (Å²) in [5, 5.41) is 7.40. The summed E-state index contributed by atoms with van der Waals surface area (Å²) in [4.78, 5) is 4.76. The van der Waals surface area contributed by atoms with Crippen molar-refractivity contribution in [2.45, 2.75) is 66.2 Å². The molecule has 0 aliphatic carbocycles. The maximum absolute atomic E-state index is 6.48. The molecule has 0 spiro atoms. The van der Waals surface area contributed by atoms with Gasteiger partial charge in [0.2, 0.25) is 0 Å². The Labute approximate surface area is 297 Å². The summed E-state index contributed by atoms with van der Waals surface area (Å²) in [5.74, 6) is 2.11. The van der Waals surface area contributed by atoms with Crippen molar-refractivity contribution in [2.24, 2.45) is 0 Å². The minimum absolute atomic E-state index is 0. The summed E-state index contributed by atoms with van der Waals surface area (Å²) in [7, 11) is 0. The summed E-state index contributed by atoms with van der Waals surface area (Å²) in [6.07, 6.45) is 8.31. The molecule has 4 aromatic carbocycles. The number of pyridine rings is 1. The molecule has 0 saturated carbocycles. The van der Waals surface area contributed by atoms with E-state index in [-0.39, 0.29) is 21.1 Å². The van der Waals surface area contributed by atoms with Crippen LogP contribution in [0.2, 0.25) is 0 Å². The molecular formula is C42H40N4OPt. The topological polar surface area (TPSA) is 44.9 Å². The number of rotatable bonds is 11. The maximum atomic E-state index is 6.48. The number of hydrogen-bond acceptors (Lipinski definition) is 3. The van der Waals surface area contributed by atoms with Gasteiger partial charge in [-0.2, -0.15) is 17.2 Å². The van der Waals surface area contributed by atoms with E-state index in [1.165, 1.54) is 47.0 Å². The standard InChI is InChI=1S/C42H40N4O.Pt/c1-5-8-10-14-30-19-22-39-36(26-30)35-21-20-34(28-40(35)45(39)41-25-29(4)23-24-43-41)47-33-18-13-17-32(27-33)46-38(7-3)42(37(6-2)44-46)31-15-11-9-12-16-31;/h9,11-13,15-26H,5-8,10,14H2,1-4H3;/q-2;+2. The number of aryl methyl sites for hydroxylation is 3. The molecule has 0 radical (unpaired) electrons. The maximum Gasteiger partial charge on any atom is 2.00 e. The Morgan fingerprint density at radius 3 is 2.38 bits per heavy atom. The Bertz CT molecular complexity index is 2180. The molecule has 0 aliphatic heterocycles. The first kappa shape index (κ1) is 33.4. The van der Waals surface area contributed by atoms with Crippen molar-refractivity contribution >= 4 is 21.8 Å². The minimum Gasteiger partial charge on any atom is -0.509 e. The van der Waals surface area contributed by atoms with E-state index in [0.29, 0.717) is 11.5 Å². The fourth-order valence-corrected chi connectivity index (χ4v) is 6.60. The van der Waals surface area contributed by atoms with Crippen LogP contribution in [0.15, 0.2) is 97.2 Å². The van der Waals surface area contributed by atoms with Crippen LogP contribution in [0.1, 0.15) is 62.5 Å². The molecule has 244 valence electrons. The summed E-state index contributed by atoms with van der Waals surface area (Å²) in [6.45, 7) is 8.69. The first-order valence-electron chi connectivity index (χ1n) is 16.9. The molecule has 0 bridgehead atoms. The second kappa shape index (κ2) is 14.7. The van der Waals surface area contributed by atoms with Crippen LogP contribution in [0, 0.1) is 19.1 Å². The van der Waals surface area contributed by atoms with Crippen molar-refractivity contribution in [3.05, 3.63) is 132 Å². The Morgan fingerprint density at radius 2 is 1.60 bits per heavy atom. The molecule has 3 aromatic heterocycles. The van der Waals surface area contributed by atoms with Gasteiger partial charge >= 0.3 is 21.1 Å². The zero-order valence-corrected chi connectivity index (χ0v) is 30.3. The molecular weight excluding hydrogens is 772 g/mol. The van der Waals surface area contributed by atoms with Gasteiger partial charge < -0.3 is 9.30 Å². The first-order chi connectivity index (χ1) is 23.1. The molecule has 0 unspecified atom stereocenters. The summed E-state index contributed by atoms with van der Waals surface area (Å²) in [5.41, 5.74) is 10.1. The van der Waals surface area contributed by atoms with Crippen molar-refractivity contribution in [2.75, 3.05) is 0 Å². The number of unbranched alkanes of at least 4 members (excludes halogenated alkanes) is 2. The van der Waals surface area contributed by atoms with Crippen molar-refractivity contribution in [1.29, 1.82) is 0 Å². The Morgan fingerprint density at radius 1 is 0.771 bits per heavy atom. The molecule has 0 amide bonds. The quantitative estimate of drug-likeness (QED) is 0.0966. The molecule has 0 atom stereocenters. The van der Waals surface area contributed by atoms with E-state index < -0.39 is 0 Å². The first-order valence-corrected chi connectivity index (χ1v) is 16.9. The van der Waals surface area contributed by atoms with Crippen molar-refractivity contribution < 1.29 is 25.8 Å². The smallest absolute Gasteiger partial charge is 0.509 e. The van der Waals surface area contributed by atoms with Gasteiger partial charge in [-0.25, -0.2) is 4.98 Å². The van der Waals surface area contributed by atoms with Gasteiger partial charge in [-0.3, -0.25) is 4.68 Å². The predicted molar refractivity (Wildman–Crippen MR) is 192 cm³/mol. The van der Waals surface area contributed by atoms with Crippen LogP contribution in [0.25, 0.3) is 44.4 Å². The van der Waals surface area contributed by atoms with E-state index in [2.05, 4.69) is 105 Å². The predicted octanol–water partition coefficient (Wildman–Crippen LogP) is 10.6. The summed E-state index contributed by atoms with van der Waals surface area (Å²) in [6, 6.07) is 38.8. The van der Waals surface area contributed by atoms with E-state index in [0.717, 1.165) is 58.4 Å². The van der Waals surface area contributed by atoms with Gasteiger partial charge in [-0.05, 0) is 78.6 Å². The molecule has 0 aliphatic rings. The molecule has 6 heteroatoms. The molecule has 0 N–H and O–H groups in total. The fraction of sp³-hybridized carbons (Fsp3) is 0.238. The summed E-state index contributed by atoms with van der Waals surface area (Å²) >= 11 is 0. The fourth-order valence-electron chi connectivity index (χ4n) is 6.60. The van der Waals surface area contributed by atoms with Crippen molar-refractivity contribution in [1.82, 2.24) is 19.3 Å². The molecule has 7 rings (SSSR count). The number of aromatic nitrogens is 4. The Balaban J connectivity index is 0.00000401. The molecule has 5 nitrogen and oxygen atoms in total. The monoisotopic (exact) mass is 811 g/mol. The van der Waals surface area contributed by atoms with Gasteiger partial charge in [0.15, 0.2) is 0 Å². The van der Waals surface area contributed by atoms with Crippen LogP contribution >= 0.6 is 0 Å². The van der Waals surface area contributed by atoms with E-state index >= 15 is 0 Å². The van der Waals surface area contributed by atoms with Crippen LogP contribution in [0.5, 0.6) is 11.5 Å². The molecule has 3 heterocycles. The van der Waals surface area contributed by atoms with Gasteiger partial charge in [-0.1, -0.05) is 81.6 Å². The van der Waals surface area contributed by atoms with E-state index in [4.69, 9.17) is 14.8 Å². The Hall–Kier alpha value is -4.47. The second-order valence-electron chi connectivity index (χ2n) is 12.2. The van der Waals surface area contributed by atoms with Gasteiger partial charge in [0.1, 0.15) is 5.82 Å². The van der Waals surface area contributed by atoms with Crippen molar-refractivity contribution in [3.8, 4) is 34.1 Å². The van der Waals surface area contributed by atoms with Gasteiger partial charge in [-0.15, -0.1) is 35.7 Å². The second-order valence-corrected chi connectivity index (χ2v) is 12.2. The normalized spacial score (nSPS) is 11.2. The summed E-state index contributed by atoms with van der Waals surface area (Å²) < 4.78 is 10.7. The van der Waals surface area contributed by atoms with Crippen LogP contribution in [0.4, 0.5) is 0 Å². The minimum atomic E-state index is 0. The molecule has 0 saturated heterocycles. The molecule has 0 fully saturated rings. The third-order valence-electron chi connectivity index (χ3n) is 8.90.